The maximum Gasteiger partial charge on any atom is 0.193 e. The number of rotatable bonds is 4. The number of aryl methyl sites for hydroxylation is 3. The molecule has 0 spiro atoms. The molecule has 0 amide bonds. The molecule has 4 N–H and O–H groups in total. The molecule has 3 aromatic rings. The monoisotopic (exact) mass is 332 g/mol. The Bertz CT molecular complexity index is 936. The van der Waals surface area contributed by atoms with E-state index in [1.807, 2.05) is 0 Å². The fourth-order valence-corrected chi connectivity index (χ4v) is 3.70. The van der Waals surface area contributed by atoms with Gasteiger partial charge in [0.2, 0.25) is 0 Å². The number of benzene rings is 2. The number of aliphatic imine (C=N–C) groups is 1. The number of aromatic nitrogens is 1. The SMILES string of the molecule is Cc1cccc2c(CCN=C(N)Nc3ccc4c(c3)CCC4)c[nH]c12. The highest BCUT2D eigenvalue weighted by molar-refractivity contribution is 5.92. The number of H-pyrrole nitrogens is 1. The lowest BCUT2D eigenvalue weighted by Gasteiger charge is -2.08. The molecule has 2 aromatic carbocycles. The highest BCUT2D eigenvalue weighted by Crippen LogP contribution is 2.25. The minimum Gasteiger partial charge on any atom is -0.370 e. The molecule has 0 fully saturated rings. The summed E-state index contributed by atoms with van der Waals surface area (Å²) in [7, 11) is 0. The van der Waals surface area contributed by atoms with Crippen molar-refractivity contribution in [1.29, 1.82) is 0 Å². The number of guanidine groups is 1. The van der Waals surface area contributed by atoms with Gasteiger partial charge in [-0.15, -0.1) is 0 Å². The van der Waals surface area contributed by atoms with Crippen LogP contribution in [0.3, 0.4) is 0 Å². The van der Waals surface area contributed by atoms with Gasteiger partial charge in [0.15, 0.2) is 5.96 Å². The predicted molar refractivity (Wildman–Crippen MR) is 105 cm³/mol. The van der Waals surface area contributed by atoms with Gasteiger partial charge < -0.3 is 16.0 Å². The van der Waals surface area contributed by atoms with Crippen molar-refractivity contribution in [2.45, 2.75) is 32.6 Å². The topological polar surface area (TPSA) is 66.2 Å². The van der Waals surface area contributed by atoms with Crippen LogP contribution in [0.25, 0.3) is 10.9 Å². The van der Waals surface area contributed by atoms with Crippen molar-refractivity contribution in [1.82, 2.24) is 4.98 Å². The summed E-state index contributed by atoms with van der Waals surface area (Å²) in [6, 6.07) is 12.9. The summed E-state index contributed by atoms with van der Waals surface area (Å²) in [5.74, 6) is 0.481. The molecule has 4 heteroatoms. The van der Waals surface area contributed by atoms with Gasteiger partial charge >= 0.3 is 0 Å². The Morgan fingerprint density at radius 2 is 2.08 bits per heavy atom. The van der Waals surface area contributed by atoms with Gasteiger partial charge in [0.25, 0.3) is 0 Å². The lowest BCUT2D eigenvalue weighted by Crippen LogP contribution is -2.23. The average molecular weight is 332 g/mol. The number of fused-ring (bicyclic) bond motifs is 2. The molecule has 0 bridgehead atoms. The van der Waals surface area contributed by atoms with Crippen LogP contribution in [0.1, 0.15) is 28.7 Å². The van der Waals surface area contributed by atoms with E-state index in [4.69, 9.17) is 5.73 Å². The van der Waals surface area contributed by atoms with Crippen molar-refractivity contribution in [3.05, 3.63) is 64.8 Å². The molecule has 128 valence electrons. The Morgan fingerprint density at radius 1 is 1.20 bits per heavy atom. The van der Waals surface area contributed by atoms with Crippen LogP contribution in [0.5, 0.6) is 0 Å². The van der Waals surface area contributed by atoms with Gasteiger partial charge in [-0.25, -0.2) is 0 Å². The van der Waals surface area contributed by atoms with E-state index in [2.05, 4.69) is 64.8 Å². The first-order valence-corrected chi connectivity index (χ1v) is 8.95. The van der Waals surface area contributed by atoms with Crippen LogP contribution < -0.4 is 11.1 Å². The predicted octanol–water partition coefficient (Wildman–Crippen LogP) is 3.93. The second-order valence-corrected chi connectivity index (χ2v) is 6.79. The number of hydrogen-bond acceptors (Lipinski definition) is 1. The van der Waals surface area contributed by atoms with Crippen LogP contribution in [0, 0.1) is 6.92 Å². The molecular formula is C21H24N4. The molecule has 0 atom stereocenters. The Kier molecular flexibility index (Phi) is 4.18. The van der Waals surface area contributed by atoms with Crippen LogP contribution in [-0.2, 0) is 19.3 Å². The fourth-order valence-electron chi connectivity index (χ4n) is 3.70. The van der Waals surface area contributed by atoms with Crippen molar-refractivity contribution in [2.75, 3.05) is 11.9 Å². The van der Waals surface area contributed by atoms with Crippen molar-refractivity contribution in [3.8, 4) is 0 Å². The molecule has 1 aliphatic rings. The molecule has 1 aromatic heterocycles. The number of nitrogens with two attached hydrogens (primary N) is 1. The molecule has 4 nitrogen and oxygen atoms in total. The summed E-state index contributed by atoms with van der Waals surface area (Å²) in [4.78, 5) is 7.85. The summed E-state index contributed by atoms with van der Waals surface area (Å²) < 4.78 is 0. The zero-order valence-electron chi connectivity index (χ0n) is 14.6. The second kappa shape index (κ2) is 6.63. The third-order valence-corrected chi connectivity index (χ3v) is 5.04. The Labute approximate surface area is 148 Å². The van der Waals surface area contributed by atoms with Crippen molar-refractivity contribution < 1.29 is 0 Å². The Balaban J connectivity index is 1.40. The maximum atomic E-state index is 6.06. The van der Waals surface area contributed by atoms with Gasteiger partial charge in [0.1, 0.15) is 0 Å². The number of nitrogens with one attached hydrogen (secondary N) is 2. The second-order valence-electron chi connectivity index (χ2n) is 6.79. The van der Waals surface area contributed by atoms with Gasteiger partial charge in [-0.3, -0.25) is 4.99 Å². The molecule has 25 heavy (non-hydrogen) atoms. The van der Waals surface area contributed by atoms with Gasteiger partial charge in [-0.1, -0.05) is 24.3 Å². The lowest BCUT2D eigenvalue weighted by atomic mass is 10.1. The fraction of sp³-hybridized carbons (Fsp3) is 0.286. The van der Waals surface area contributed by atoms with Gasteiger partial charge in [-0.2, -0.15) is 0 Å². The quantitative estimate of drug-likeness (QED) is 0.500. The minimum absolute atomic E-state index is 0.481. The molecule has 1 heterocycles. The van der Waals surface area contributed by atoms with Crippen molar-refractivity contribution in [3.63, 3.8) is 0 Å². The zero-order valence-corrected chi connectivity index (χ0v) is 14.6. The molecule has 1 aliphatic carbocycles. The number of aromatic amines is 1. The normalized spacial score (nSPS) is 14.0. The van der Waals surface area contributed by atoms with Crippen LogP contribution >= 0.6 is 0 Å². The lowest BCUT2D eigenvalue weighted by molar-refractivity contribution is 0.912. The first-order chi connectivity index (χ1) is 12.2. The van der Waals surface area contributed by atoms with E-state index < -0.39 is 0 Å². The molecular weight excluding hydrogens is 308 g/mol. The van der Waals surface area contributed by atoms with E-state index >= 15 is 0 Å². The molecule has 0 saturated heterocycles. The zero-order chi connectivity index (χ0) is 17.2. The van der Waals surface area contributed by atoms with E-state index in [0.29, 0.717) is 12.5 Å². The summed E-state index contributed by atoms with van der Waals surface area (Å²) in [5.41, 5.74) is 13.8. The number of nitrogens with zero attached hydrogens (tertiary/aromatic N) is 1. The van der Waals surface area contributed by atoms with E-state index in [1.54, 1.807) is 0 Å². The summed E-state index contributed by atoms with van der Waals surface area (Å²) in [6.45, 7) is 2.80. The van der Waals surface area contributed by atoms with E-state index in [-0.39, 0.29) is 0 Å². The van der Waals surface area contributed by atoms with Gasteiger partial charge in [-0.05, 0) is 67.0 Å². The van der Waals surface area contributed by atoms with Crippen LogP contribution in [0.4, 0.5) is 5.69 Å². The third kappa shape index (κ3) is 3.25. The number of anilines is 1. The van der Waals surface area contributed by atoms with E-state index in [9.17, 15) is 0 Å². The van der Waals surface area contributed by atoms with Crippen LogP contribution in [0.15, 0.2) is 47.6 Å². The first-order valence-electron chi connectivity index (χ1n) is 8.95. The molecule has 0 saturated carbocycles. The average Bonchev–Trinajstić information content (AvgIpc) is 3.22. The molecule has 0 radical (unpaired) electrons. The Hall–Kier alpha value is -2.75. The summed E-state index contributed by atoms with van der Waals surface area (Å²) in [6.07, 6.45) is 6.57. The van der Waals surface area contributed by atoms with Crippen molar-refractivity contribution in [2.24, 2.45) is 10.7 Å². The van der Waals surface area contributed by atoms with E-state index in [0.717, 1.165) is 12.1 Å². The standard InChI is InChI=1S/C21H24N4/c1-14-4-2-7-19-17(13-24-20(14)19)10-11-23-21(22)25-18-9-8-15-5-3-6-16(15)12-18/h2,4,7-9,12-13,24H,3,5-6,10-11H2,1H3,(H3,22,23,25). The van der Waals surface area contributed by atoms with Gasteiger partial charge in [0.05, 0.1) is 0 Å². The molecule has 4 rings (SSSR count). The molecule has 0 aliphatic heterocycles. The minimum atomic E-state index is 0.481. The number of para-hydroxylation sites is 1. The largest absolute Gasteiger partial charge is 0.370 e. The van der Waals surface area contributed by atoms with Crippen LogP contribution in [0.2, 0.25) is 0 Å². The van der Waals surface area contributed by atoms with E-state index in [1.165, 1.54) is 52.4 Å². The maximum absolute atomic E-state index is 6.06. The first kappa shape index (κ1) is 15.8. The highest BCUT2D eigenvalue weighted by Gasteiger charge is 2.11. The summed E-state index contributed by atoms with van der Waals surface area (Å²) >= 11 is 0. The van der Waals surface area contributed by atoms with Crippen molar-refractivity contribution >= 4 is 22.5 Å². The van der Waals surface area contributed by atoms with Crippen LogP contribution in [-0.4, -0.2) is 17.5 Å². The highest BCUT2D eigenvalue weighted by atomic mass is 15.1. The number of hydrogen-bond donors (Lipinski definition) is 3. The third-order valence-electron chi connectivity index (χ3n) is 5.04. The smallest absolute Gasteiger partial charge is 0.193 e. The molecule has 0 unspecified atom stereocenters. The Morgan fingerprint density at radius 3 is 3.00 bits per heavy atom. The summed E-state index contributed by atoms with van der Waals surface area (Å²) in [5, 5.41) is 4.50. The van der Waals surface area contributed by atoms with Gasteiger partial charge in [0, 0.05) is 29.3 Å².